The monoisotopic (exact) mass is 284 g/mol. The van der Waals surface area contributed by atoms with Crippen LogP contribution in [0, 0.1) is 5.92 Å². The maximum absolute atomic E-state index is 6.30. The van der Waals surface area contributed by atoms with Crippen LogP contribution in [0.5, 0.6) is 5.75 Å². The van der Waals surface area contributed by atoms with Gasteiger partial charge >= 0.3 is 0 Å². The van der Waals surface area contributed by atoms with Crippen molar-refractivity contribution >= 4 is 11.6 Å². The first-order valence-electron chi connectivity index (χ1n) is 6.55. The summed E-state index contributed by atoms with van der Waals surface area (Å²) in [5.41, 5.74) is 13.5. The third-order valence-corrected chi connectivity index (χ3v) is 3.54. The first-order valence-corrected chi connectivity index (χ1v) is 6.93. The molecule has 0 amide bonds. The smallest absolute Gasteiger partial charge is 0.142 e. The van der Waals surface area contributed by atoms with Gasteiger partial charge in [-0.2, -0.15) is 0 Å². The molecule has 19 heavy (non-hydrogen) atoms. The summed E-state index contributed by atoms with van der Waals surface area (Å²) in [4.78, 5) is 0. The van der Waals surface area contributed by atoms with Crippen molar-refractivity contribution in [3.8, 4) is 5.75 Å². The van der Waals surface area contributed by atoms with Crippen molar-refractivity contribution in [2.75, 3.05) is 20.3 Å². The zero-order chi connectivity index (χ0) is 13.8. The fraction of sp³-hybridized carbons (Fsp3) is 0.571. The molecular formula is C14H21ClN2O2. The lowest BCUT2D eigenvalue weighted by Gasteiger charge is -2.18. The van der Waals surface area contributed by atoms with Crippen LogP contribution in [0.3, 0.4) is 0 Å². The predicted molar refractivity (Wildman–Crippen MR) is 76.4 cm³/mol. The summed E-state index contributed by atoms with van der Waals surface area (Å²) in [5.74, 6) is 1.34. The quantitative estimate of drug-likeness (QED) is 0.805. The van der Waals surface area contributed by atoms with E-state index in [2.05, 4.69) is 0 Å². The molecule has 2 rings (SSSR count). The van der Waals surface area contributed by atoms with Crippen molar-refractivity contribution in [1.29, 1.82) is 0 Å². The molecule has 0 aromatic heterocycles. The fourth-order valence-electron chi connectivity index (χ4n) is 1.96. The van der Waals surface area contributed by atoms with Crippen molar-refractivity contribution in [2.24, 2.45) is 17.4 Å². The number of nitrogens with two attached hydrogens (primary N) is 2. The molecule has 1 aromatic rings. The summed E-state index contributed by atoms with van der Waals surface area (Å²) >= 11 is 6.30. The van der Waals surface area contributed by atoms with Crippen LogP contribution >= 0.6 is 11.6 Å². The highest BCUT2D eigenvalue weighted by atomic mass is 35.5. The Labute approximate surface area is 119 Å². The molecule has 106 valence electrons. The lowest BCUT2D eigenvalue weighted by atomic mass is 10.0. The Kier molecular flexibility index (Phi) is 5.05. The van der Waals surface area contributed by atoms with E-state index in [4.69, 9.17) is 32.5 Å². The van der Waals surface area contributed by atoms with Crippen LogP contribution in [0.2, 0.25) is 5.02 Å². The van der Waals surface area contributed by atoms with E-state index < -0.39 is 0 Å². The molecule has 1 aliphatic rings. The molecule has 1 unspecified atom stereocenters. The second-order valence-electron chi connectivity index (χ2n) is 5.03. The predicted octanol–water partition coefficient (Wildman–Crippen LogP) is 2.23. The van der Waals surface area contributed by atoms with Crippen molar-refractivity contribution in [3.63, 3.8) is 0 Å². The van der Waals surface area contributed by atoms with Crippen LogP contribution in [0.25, 0.3) is 0 Å². The average molecular weight is 285 g/mol. The molecule has 4 N–H and O–H groups in total. The summed E-state index contributed by atoms with van der Waals surface area (Å²) in [7, 11) is 1.65. The average Bonchev–Trinajstić information content (AvgIpc) is 3.20. The minimum atomic E-state index is -0.275. The lowest BCUT2D eigenvalue weighted by Crippen LogP contribution is -2.22. The molecule has 0 heterocycles. The van der Waals surface area contributed by atoms with Gasteiger partial charge in [0.05, 0.1) is 18.2 Å². The van der Waals surface area contributed by atoms with E-state index in [1.807, 2.05) is 12.1 Å². The largest absolute Gasteiger partial charge is 0.491 e. The Hall–Kier alpha value is -0.810. The van der Waals surface area contributed by atoms with Crippen molar-refractivity contribution in [1.82, 2.24) is 0 Å². The van der Waals surface area contributed by atoms with Crippen LogP contribution in [-0.4, -0.2) is 20.3 Å². The third-order valence-electron chi connectivity index (χ3n) is 3.26. The van der Waals surface area contributed by atoms with Gasteiger partial charge in [0, 0.05) is 25.3 Å². The normalized spacial score (nSPS) is 16.4. The number of methoxy groups -OCH3 is 1. The molecule has 1 aromatic carbocycles. The van der Waals surface area contributed by atoms with Gasteiger partial charge in [-0.3, -0.25) is 0 Å². The zero-order valence-corrected chi connectivity index (χ0v) is 12.0. The summed E-state index contributed by atoms with van der Waals surface area (Å²) in [6.45, 7) is 1.55. The first kappa shape index (κ1) is 14.6. The molecule has 4 nitrogen and oxygen atoms in total. The molecule has 1 fully saturated rings. The molecule has 1 aliphatic carbocycles. The molecular weight excluding hydrogens is 264 g/mol. The van der Waals surface area contributed by atoms with Crippen molar-refractivity contribution < 1.29 is 9.47 Å². The number of hydrogen-bond acceptors (Lipinski definition) is 4. The number of ether oxygens (including phenoxy) is 2. The van der Waals surface area contributed by atoms with Gasteiger partial charge < -0.3 is 20.9 Å². The molecule has 1 atom stereocenters. The van der Waals surface area contributed by atoms with Crippen molar-refractivity contribution in [2.45, 2.75) is 25.5 Å². The van der Waals surface area contributed by atoms with Crippen LogP contribution in [-0.2, 0) is 11.3 Å². The van der Waals surface area contributed by atoms with E-state index in [1.165, 1.54) is 12.8 Å². The van der Waals surface area contributed by atoms with Crippen molar-refractivity contribution in [3.05, 3.63) is 28.3 Å². The fourth-order valence-corrected chi connectivity index (χ4v) is 2.27. The van der Waals surface area contributed by atoms with Gasteiger partial charge in [0.1, 0.15) is 5.75 Å². The second-order valence-corrected chi connectivity index (χ2v) is 5.43. The molecule has 5 heteroatoms. The minimum Gasteiger partial charge on any atom is -0.491 e. The lowest BCUT2D eigenvalue weighted by molar-refractivity contribution is 0.184. The Morgan fingerprint density at radius 3 is 2.74 bits per heavy atom. The highest BCUT2D eigenvalue weighted by Gasteiger charge is 2.24. The number of halogens is 1. The van der Waals surface area contributed by atoms with Crippen LogP contribution in [0.1, 0.15) is 30.0 Å². The number of benzene rings is 1. The van der Waals surface area contributed by atoms with Crippen LogP contribution in [0.15, 0.2) is 12.1 Å². The Morgan fingerprint density at radius 2 is 2.16 bits per heavy atom. The molecule has 0 saturated heterocycles. The van der Waals surface area contributed by atoms with Gasteiger partial charge in [-0.05, 0) is 36.5 Å². The Morgan fingerprint density at radius 1 is 1.42 bits per heavy atom. The van der Waals surface area contributed by atoms with E-state index in [0.717, 1.165) is 11.1 Å². The van der Waals surface area contributed by atoms with Crippen LogP contribution in [0.4, 0.5) is 0 Å². The molecule has 0 radical (unpaired) electrons. The maximum Gasteiger partial charge on any atom is 0.142 e. The topological polar surface area (TPSA) is 70.5 Å². The molecule has 0 spiro atoms. The maximum atomic E-state index is 6.30. The van der Waals surface area contributed by atoms with E-state index in [0.29, 0.717) is 36.4 Å². The molecule has 1 saturated carbocycles. The van der Waals surface area contributed by atoms with E-state index in [1.54, 1.807) is 7.11 Å². The van der Waals surface area contributed by atoms with E-state index >= 15 is 0 Å². The SMILES string of the molecule is COCc1cc(Cl)c(OCC2CC2)c(C(N)CN)c1. The Balaban J connectivity index is 2.25. The van der Waals surface area contributed by atoms with Gasteiger partial charge in [0.2, 0.25) is 0 Å². The first-order chi connectivity index (χ1) is 9.15. The summed E-state index contributed by atoms with van der Waals surface area (Å²) in [6.07, 6.45) is 2.47. The summed E-state index contributed by atoms with van der Waals surface area (Å²) in [6, 6.07) is 3.55. The third kappa shape index (κ3) is 3.83. The molecule has 0 aliphatic heterocycles. The summed E-state index contributed by atoms with van der Waals surface area (Å²) in [5, 5.41) is 0.578. The standard InChI is InChI=1S/C14H21ClN2O2/c1-18-7-10-4-11(13(17)6-16)14(12(15)5-10)19-8-9-2-3-9/h4-5,9,13H,2-3,6-8,16-17H2,1H3. The van der Waals surface area contributed by atoms with E-state index in [-0.39, 0.29) is 6.04 Å². The summed E-state index contributed by atoms with van der Waals surface area (Å²) < 4.78 is 11.0. The highest BCUT2D eigenvalue weighted by molar-refractivity contribution is 6.32. The van der Waals surface area contributed by atoms with Gasteiger partial charge in [-0.15, -0.1) is 0 Å². The molecule has 0 bridgehead atoms. The number of rotatable bonds is 7. The van der Waals surface area contributed by atoms with Gasteiger partial charge in [-0.25, -0.2) is 0 Å². The van der Waals surface area contributed by atoms with Crippen LogP contribution < -0.4 is 16.2 Å². The highest BCUT2D eigenvalue weighted by Crippen LogP contribution is 2.36. The second kappa shape index (κ2) is 6.57. The van der Waals surface area contributed by atoms with Gasteiger partial charge in [-0.1, -0.05) is 11.6 Å². The van der Waals surface area contributed by atoms with Gasteiger partial charge in [0.25, 0.3) is 0 Å². The number of hydrogen-bond donors (Lipinski definition) is 2. The Bertz CT molecular complexity index is 436. The zero-order valence-electron chi connectivity index (χ0n) is 11.2. The van der Waals surface area contributed by atoms with Gasteiger partial charge in [0.15, 0.2) is 0 Å². The minimum absolute atomic E-state index is 0.275. The van der Waals surface area contributed by atoms with E-state index in [9.17, 15) is 0 Å².